The molecule has 0 saturated heterocycles. The second kappa shape index (κ2) is 14.1. The molecule has 1 saturated carbocycles. The Labute approximate surface area is 280 Å². The lowest BCUT2D eigenvalue weighted by molar-refractivity contribution is 0.0592. The number of rotatable bonds is 10. The summed E-state index contributed by atoms with van der Waals surface area (Å²) in [6.45, 7) is 0.391. The van der Waals surface area contributed by atoms with Gasteiger partial charge in [-0.1, -0.05) is 29.8 Å². The summed E-state index contributed by atoms with van der Waals surface area (Å²) in [5.41, 5.74) is 2.16. The second-order valence-corrected chi connectivity index (χ2v) is 15.2. The summed E-state index contributed by atoms with van der Waals surface area (Å²) in [4.78, 5) is 27.2. The predicted molar refractivity (Wildman–Crippen MR) is 178 cm³/mol. The molecule has 1 aromatic heterocycles. The van der Waals surface area contributed by atoms with E-state index in [4.69, 9.17) is 21.4 Å². The van der Waals surface area contributed by atoms with E-state index < -0.39 is 33.7 Å². The van der Waals surface area contributed by atoms with Gasteiger partial charge in [0.1, 0.15) is 22.3 Å². The minimum absolute atomic E-state index is 0.0214. The van der Waals surface area contributed by atoms with Crippen molar-refractivity contribution >= 4 is 55.0 Å². The monoisotopic (exact) mass is 705 g/mol. The van der Waals surface area contributed by atoms with Crippen LogP contribution >= 0.6 is 22.9 Å². The largest absolute Gasteiger partial charge is 0.496 e. The average Bonchev–Trinajstić information content (AvgIpc) is 3.42. The van der Waals surface area contributed by atoms with Gasteiger partial charge in [-0.2, -0.15) is 0 Å². The van der Waals surface area contributed by atoms with Crippen molar-refractivity contribution in [2.75, 3.05) is 27.7 Å². The molecule has 0 aliphatic heterocycles. The Hall–Kier alpha value is -3.78. The fraction of sp³-hybridized carbons (Fsp3) is 0.333. The Morgan fingerprint density at radius 2 is 1.64 bits per heavy atom. The van der Waals surface area contributed by atoms with Gasteiger partial charge in [0.05, 0.1) is 27.1 Å². The lowest BCUT2D eigenvalue weighted by Gasteiger charge is -2.37. The van der Waals surface area contributed by atoms with E-state index in [9.17, 15) is 26.8 Å². The summed E-state index contributed by atoms with van der Waals surface area (Å²) in [6, 6.07) is 13.6. The van der Waals surface area contributed by atoms with Gasteiger partial charge in [0, 0.05) is 38.8 Å². The van der Waals surface area contributed by atoms with Crippen molar-refractivity contribution < 1.29 is 36.6 Å². The maximum absolute atomic E-state index is 14.7. The molecule has 1 heterocycles. The zero-order valence-corrected chi connectivity index (χ0v) is 28.3. The Balaban J connectivity index is 1.51. The molecule has 14 heteroatoms. The fourth-order valence-electron chi connectivity index (χ4n) is 5.92. The molecule has 5 rings (SSSR count). The second-order valence-electron chi connectivity index (χ2n) is 11.6. The molecule has 0 atom stereocenters. The number of thiophene rings is 1. The van der Waals surface area contributed by atoms with Crippen molar-refractivity contribution in [1.29, 1.82) is 0 Å². The molecule has 1 fully saturated rings. The first-order chi connectivity index (χ1) is 22.3. The lowest BCUT2D eigenvalue weighted by Crippen LogP contribution is -2.43. The van der Waals surface area contributed by atoms with Crippen LogP contribution in [0.2, 0.25) is 5.02 Å². The molecule has 2 amide bonds. The van der Waals surface area contributed by atoms with Gasteiger partial charge in [-0.05, 0) is 79.1 Å². The molecule has 3 aromatic carbocycles. The van der Waals surface area contributed by atoms with Crippen LogP contribution in [0.15, 0.2) is 59.5 Å². The summed E-state index contributed by atoms with van der Waals surface area (Å²) in [5.74, 6) is -1.26. The summed E-state index contributed by atoms with van der Waals surface area (Å²) in [6.07, 6.45) is 1.39. The van der Waals surface area contributed by atoms with Crippen LogP contribution in [0.5, 0.6) is 5.75 Å². The maximum atomic E-state index is 14.7. The molecule has 1 aliphatic carbocycles. The van der Waals surface area contributed by atoms with Gasteiger partial charge < -0.3 is 20.1 Å². The van der Waals surface area contributed by atoms with E-state index in [1.54, 1.807) is 23.1 Å². The van der Waals surface area contributed by atoms with Crippen LogP contribution in [0.3, 0.4) is 0 Å². The minimum atomic E-state index is -3.61. The first kappa shape index (κ1) is 34.6. The summed E-state index contributed by atoms with van der Waals surface area (Å²) in [5, 5.41) is 11.2. The highest BCUT2D eigenvalue weighted by molar-refractivity contribution is 7.89. The van der Waals surface area contributed by atoms with E-state index in [-0.39, 0.29) is 43.4 Å². The average molecular weight is 706 g/mol. The van der Waals surface area contributed by atoms with E-state index >= 15 is 0 Å². The topological polar surface area (TPSA) is 116 Å². The molecule has 0 spiro atoms. The van der Waals surface area contributed by atoms with Crippen LogP contribution < -0.4 is 10.1 Å². The van der Waals surface area contributed by atoms with Gasteiger partial charge in [0.2, 0.25) is 10.0 Å². The number of nitrogens with zero attached hydrogens (tertiary/aromatic N) is 2. The van der Waals surface area contributed by atoms with Gasteiger partial charge in [-0.3, -0.25) is 4.79 Å². The third-order valence-corrected chi connectivity index (χ3v) is 12.0. The molecular weight excluding hydrogens is 672 g/mol. The van der Waals surface area contributed by atoms with Crippen LogP contribution in [-0.2, 0) is 16.6 Å². The molecule has 47 heavy (non-hydrogen) atoms. The van der Waals surface area contributed by atoms with Crippen LogP contribution in [-0.4, -0.2) is 68.5 Å². The number of fused-ring (bicyclic) bond motifs is 1. The highest BCUT2D eigenvalue weighted by Gasteiger charge is 2.33. The maximum Gasteiger partial charge on any atom is 0.404 e. The number of sulfonamides is 1. The van der Waals surface area contributed by atoms with Crippen molar-refractivity contribution in [3.05, 3.63) is 81.7 Å². The van der Waals surface area contributed by atoms with Crippen LogP contribution in [0.1, 0.15) is 40.9 Å². The Kier molecular flexibility index (Phi) is 10.4. The Morgan fingerprint density at radius 1 is 1.00 bits per heavy atom. The number of amides is 2. The lowest BCUT2D eigenvalue weighted by atomic mass is 9.85. The number of nitrogens with one attached hydrogen (secondary N) is 1. The number of carbonyl (C=O) groups excluding carboxylic acids is 1. The Bertz CT molecular complexity index is 1910. The number of hydrogen-bond acceptors (Lipinski definition) is 6. The van der Waals surface area contributed by atoms with Crippen LogP contribution in [0.25, 0.3) is 21.2 Å². The summed E-state index contributed by atoms with van der Waals surface area (Å²) >= 11 is 7.36. The molecule has 0 bridgehead atoms. The minimum Gasteiger partial charge on any atom is -0.496 e. The quantitative estimate of drug-likeness (QED) is 0.180. The van der Waals surface area contributed by atoms with Crippen LogP contribution in [0.4, 0.5) is 13.6 Å². The highest BCUT2D eigenvalue weighted by Crippen LogP contribution is 2.41. The van der Waals surface area contributed by atoms with Gasteiger partial charge in [-0.15, -0.1) is 11.3 Å². The molecule has 2 N–H and O–H groups in total. The molecule has 250 valence electrons. The molecule has 0 unspecified atom stereocenters. The predicted octanol–water partition coefficient (Wildman–Crippen LogP) is 7.23. The molecule has 0 radical (unpaired) electrons. The molecule has 4 aromatic rings. The number of benzene rings is 3. The fourth-order valence-corrected chi connectivity index (χ4v) is 8.33. The van der Waals surface area contributed by atoms with E-state index in [2.05, 4.69) is 5.32 Å². The van der Waals surface area contributed by atoms with E-state index in [1.807, 2.05) is 12.1 Å². The third-order valence-electron chi connectivity index (χ3n) is 8.52. The molecule has 9 nitrogen and oxygen atoms in total. The first-order valence-electron chi connectivity index (χ1n) is 14.9. The number of methoxy groups -OCH3 is 1. The third kappa shape index (κ3) is 7.23. The molecular formula is C33H34ClF2N3O6S2. The zero-order chi connectivity index (χ0) is 34.0. The van der Waals surface area contributed by atoms with Crippen molar-refractivity contribution in [3.63, 3.8) is 0 Å². The number of hydrogen-bond donors (Lipinski definition) is 2. The first-order valence-corrected chi connectivity index (χ1v) is 17.5. The standard InChI is InChI=1S/C33H34ClF2N3O6S2/c1-38(2)47(43,44)24-11-6-20(7-12-24)21-8-15-27(45-3)22(16-21)18-39(23-9-4-19(5-10-23)17-37-33(41)42)32(40)31-29(34)28-25(35)13-14-26(36)30(28)46-31/h6-8,11-16,19,23,37H,4-5,9-10,17-18H2,1-3H3,(H,41,42). The van der Waals surface area contributed by atoms with E-state index in [1.165, 1.54) is 33.3 Å². The highest BCUT2D eigenvalue weighted by atomic mass is 35.5. The van der Waals surface area contributed by atoms with Crippen LogP contribution in [0, 0.1) is 17.6 Å². The van der Waals surface area contributed by atoms with Gasteiger partial charge in [-0.25, -0.2) is 26.3 Å². The zero-order valence-electron chi connectivity index (χ0n) is 25.9. The summed E-state index contributed by atoms with van der Waals surface area (Å²) in [7, 11) is 0.830. The normalized spacial score (nSPS) is 16.7. The van der Waals surface area contributed by atoms with Gasteiger partial charge in [0.25, 0.3) is 5.91 Å². The SMILES string of the molecule is COc1ccc(-c2ccc(S(=O)(=O)N(C)C)cc2)cc1CN(C(=O)c1sc2c(F)ccc(F)c2c1Cl)C1CCC(CNC(=O)O)CC1. The van der Waals surface area contributed by atoms with Crippen molar-refractivity contribution in [1.82, 2.24) is 14.5 Å². The number of halogens is 3. The van der Waals surface area contributed by atoms with E-state index in [0.717, 1.165) is 38.9 Å². The van der Waals surface area contributed by atoms with Crippen molar-refractivity contribution in [2.24, 2.45) is 5.92 Å². The van der Waals surface area contributed by atoms with Gasteiger partial charge in [0.15, 0.2) is 0 Å². The smallest absolute Gasteiger partial charge is 0.404 e. The number of ether oxygens (including phenoxy) is 1. The summed E-state index contributed by atoms with van der Waals surface area (Å²) < 4.78 is 61.3. The van der Waals surface area contributed by atoms with Crippen molar-refractivity contribution in [3.8, 4) is 16.9 Å². The molecule has 1 aliphatic rings. The Morgan fingerprint density at radius 3 is 2.23 bits per heavy atom. The number of carbonyl (C=O) groups is 2. The van der Waals surface area contributed by atoms with E-state index in [0.29, 0.717) is 43.5 Å². The number of carboxylic acid groups (broad SMARTS) is 1. The van der Waals surface area contributed by atoms with Gasteiger partial charge >= 0.3 is 6.09 Å². The van der Waals surface area contributed by atoms with Crippen molar-refractivity contribution in [2.45, 2.75) is 43.2 Å².